The van der Waals surface area contributed by atoms with E-state index in [0.717, 1.165) is 25.7 Å². The summed E-state index contributed by atoms with van der Waals surface area (Å²) < 4.78 is 27.7. The minimum absolute atomic E-state index is 0.186. The van der Waals surface area contributed by atoms with Gasteiger partial charge in [0, 0.05) is 12.6 Å². The van der Waals surface area contributed by atoms with Crippen molar-refractivity contribution < 1.29 is 13.2 Å². The molecule has 3 rings (SSSR count). The Morgan fingerprint density at radius 2 is 1.95 bits per heavy atom. The van der Waals surface area contributed by atoms with E-state index in [9.17, 15) is 13.2 Å². The van der Waals surface area contributed by atoms with Crippen LogP contribution in [-0.4, -0.2) is 20.5 Å². The number of sulfonamides is 1. The molecule has 0 bridgehead atoms. The van der Waals surface area contributed by atoms with Crippen LogP contribution in [0.15, 0.2) is 23.1 Å². The van der Waals surface area contributed by atoms with Crippen LogP contribution in [0.4, 0.5) is 11.4 Å². The molecule has 1 heterocycles. The second-order valence-corrected chi connectivity index (χ2v) is 7.72. The molecule has 120 valence electrons. The van der Waals surface area contributed by atoms with Crippen molar-refractivity contribution >= 4 is 27.3 Å². The summed E-state index contributed by atoms with van der Waals surface area (Å²) in [4.78, 5) is 11.3. The molecule has 1 unspecified atom stereocenters. The van der Waals surface area contributed by atoms with Gasteiger partial charge in [0.2, 0.25) is 15.9 Å². The van der Waals surface area contributed by atoms with Gasteiger partial charge in [0.1, 0.15) is 4.90 Å². The molecule has 7 heteroatoms. The standard InChI is InChI=1S/C15H21N3O3S/c1-10(19)16-12-7-8-13-14(9-12)22(20,21)18-15(17-13)11-5-3-2-4-6-11/h7-9,11,15,17-18H,2-6H2,1H3,(H,16,19). The fourth-order valence-corrected chi connectivity index (χ4v) is 4.67. The zero-order valence-corrected chi connectivity index (χ0v) is 13.4. The summed E-state index contributed by atoms with van der Waals surface area (Å²) in [6.07, 6.45) is 5.37. The molecule has 2 aliphatic rings. The molecule has 6 nitrogen and oxygen atoms in total. The van der Waals surface area contributed by atoms with Gasteiger partial charge >= 0.3 is 0 Å². The van der Waals surface area contributed by atoms with E-state index in [0.29, 0.717) is 17.3 Å². The minimum Gasteiger partial charge on any atom is -0.368 e. The zero-order valence-electron chi connectivity index (χ0n) is 12.6. The number of amides is 1. The number of fused-ring (bicyclic) bond motifs is 1. The monoisotopic (exact) mass is 323 g/mol. The maximum Gasteiger partial charge on any atom is 0.244 e. The van der Waals surface area contributed by atoms with Crippen molar-refractivity contribution in [2.75, 3.05) is 10.6 Å². The van der Waals surface area contributed by atoms with Crippen LogP contribution in [0.1, 0.15) is 39.0 Å². The number of nitrogens with one attached hydrogen (secondary N) is 3. The summed E-state index contributed by atoms with van der Waals surface area (Å²) in [5.74, 6) is 0.0980. The first-order valence-corrected chi connectivity index (χ1v) is 9.14. The Morgan fingerprint density at radius 1 is 1.23 bits per heavy atom. The van der Waals surface area contributed by atoms with E-state index < -0.39 is 10.0 Å². The highest BCUT2D eigenvalue weighted by atomic mass is 32.2. The van der Waals surface area contributed by atoms with Crippen LogP contribution < -0.4 is 15.4 Å². The van der Waals surface area contributed by atoms with Crippen LogP contribution in [0.2, 0.25) is 0 Å². The number of carbonyl (C=O) groups is 1. The van der Waals surface area contributed by atoms with Gasteiger partial charge in [-0.2, -0.15) is 4.72 Å². The Bertz CT molecular complexity index is 681. The van der Waals surface area contributed by atoms with Gasteiger partial charge in [0.25, 0.3) is 0 Å². The predicted molar refractivity (Wildman–Crippen MR) is 85.1 cm³/mol. The average Bonchev–Trinajstić information content (AvgIpc) is 2.47. The lowest BCUT2D eigenvalue weighted by Gasteiger charge is -2.35. The van der Waals surface area contributed by atoms with E-state index in [1.807, 2.05) is 0 Å². The summed E-state index contributed by atoms with van der Waals surface area (Å²) in [5, 5.41) is 5.91. The van der Waals surface area contributed by atoms with Crippen LogP contribution in [0.25, 0.3) is 0 Å². The maximum absolute atomic E-state index is 12.5. The summed E-state index contributed by atoms with van der Waals surface area (Å²) in [7, 11) is -3.56. The largest absolute Gasteiger partial charge is 0.368 e. The number of rotatable bonds is 2. The molecule has 0 radical (unpaired) electrons. The summed E-state index contributed by atoms with van der Waals surface area (Å²) in [6.45, 7) is 1.39. The molecule has 1 aromatic rings. The van der Waals surface area contributed by atoms with Crippen molar-refractivity contribution in [3.05, 3.63) is 18.2 Å². The highest BCUT2D eigenvalue weighted by Gasteiger charge is 2.34. The van der Waals surface area contributed by atoms with Crippen LogP contribution in [-0.2, 0) is 14.8 Å². The second kappa shape index (κ2) is 5.89. The van der Waals surface area contributed by atoms with Gasteiger partial charge in [0.15, 0.2) is 0 Å². The summed E-state index contributed by atoms with van der Waals surface area (Å²) in [6, 6.07) is 4.92. The van der Waals surface area contributed by atoms with Crippen molar-refractivity contribution in [2.24, 2.45) is 5.92 Å². The molecule has 1 aliphatic carbocycles. The van der Waals surface area contributed by atoms with E-state index >= 15 is 0 Å². The van der Waals surface area contributed by atoms with Gasteiger partial charge in [0.05, 0.1) is 11.9 Å². The fourth-order valence-electron chi connectivity index (χ4n) is 3.25. The van der Waals surface area contributed by atoms with Crippen molar-refractivity contribution in [3.8, 4) is 0 Å². The smallest absolute Gasteiger partial charge is 0.244 e. The van der Waals surface area contributed by atoms with Gasteiger partial charge in [-0.25, -0.2) is 8.42 Å². The molecule has 1 amide bonds. The lowest BCUT2D eigenvalue weighted by atomic mass is 9.87. The summed E-state index contributed by atoms with van der Waals surface area (Å²) in [5.41, 5.74) is 1.08. The molecular weight excluding hydrogens is 302 g/mol. The van der Waals surface area contributed by atoms with Gasteiger partial charge < -0.3 is 10.6 Å². The van der Waals surface area contributed by atoms with Crippen LogP contribution in [0, 0.1) is 5.92 Å². The Kier molecular flexibility index (Phi) is 4.10. The lowest BCUT2D eigenvalue weighted by Crippen LogP contribution is -2.49. The number of anilines is 2. The number of hydrogen-bond donors (Lipinski definition) is 3. The highest BCUT2D eigenvalue weighted by molar-refractivity contribution is 7.89. The molecule has 0 saturated heterocycles. The van der Waals surface area contributed by atoms with Crippen LogP contribution in [0.3, 0.4) is 0 Å². The Balaban J connectivity index is 1.88. The first kappa shape index (κ1) is 15.3. The Hall–Kier alpha value is -1.60. The Labute approximate surface area is 130 Å². The first-order chi connectivity index (χ1) is 10.5. The molecule has 22 heavy (non-hydrogen) atoms. The molecule has 1 fully saturated rings. The molecule has 0 aromatic heterocycles. The molecule has 1 aromatic carbocycles. The second-order valence-electron chi connectivity index (χ2n) is 6.03. The van der Waals surface area contributed by atoms with Crippen LogP contribution >= 0.6 is 0 Å². The Morgan fingerprint density at radius 3 is 2.64 bits per heavy atom. The maximum atomic E-state index is 12.5. The van der Waals surface area contributed by atoms with E-state index in [1.165, 1.54) is 19.4 Å². The number of hydrogen-bond acceptors (Lipinski definition) is 4. The third kappa shape index (κ3) is 3.10. The normalized spacial score (nSPS) is 24.1. The van der Waals surface area contributed by atoms with Gasteiger partial charge in [-0.15, -0.1) is 0 Å². The van der Waals surface area contributed by atoms with Crippen molar-refractivity contribution in [1.29, 1.82) is 0 Å². The molecular formula is C15H21N3O3S. The van der Waals surface area contributed by atoms with E-state index in [2.05, 4.69) is 15.4 Å². The van der Waals surface area contributed by atoms with E-state index in [-0.39, 0.29) is 17.0 Å². The van der Waals surface area contributed by atoms with Gasteiger partial charge in [-0.3, -0.25) is 4.79 Å². The van der Waals surface area contributed by atoms with Crippen molar-refractivity contribution in [2.45, 2.75) is 50.1 Å². The molecule has 1 saturated carbocycles. The quantitative estimate of drug-likeness (QED) is 0.779. The summed E-state index contributed by atoms with van der Waals surface area (Å²) >= 11 is 0. The average molecular weight is 323 g/mol. The number of benzene rings is 1. The minimum atomic E-state index is -3.56. The SMILES string of the molecule is CC(=O)Nc1ccc2c(c1)S(=O)(=O)NC(C1CCCCC1)N2. The van der Waals surface area contributed by atoms with E-state index in [4.69, 9.17) is 0 Å². The molecule has 1 atom stereocenters. The lowest BCUT2D eigenvalue weighted by molar-refractivity contribution is -0.114. The molecule has 3 N–H and O–H groups in total. The van der Waals surface area contributed by atoms with Crippen molar-refractivity contribution in [1.82, 2.24) is 4.72 Å². The topological polar surface area (TPSA) is 87.3 Å². The van der Waals surface area contributed by atoms with Crippen molar-refractivity contribution in [3.63, 3.8) is 0 Å². The molecule has 1 aliphatic heterocycles. The fraction of sp³-hybridized carbons (Fsp3) is 0.533. The van der Waals surface area contributed by atoms with Crippen LogP contribution in [0.5, 0.6) is 0 Å². The van der Waals surface area contributed by atoms with Gasteiger partial charge in [-0.05, 0) is 37.0 Å². The predicted octanol–water partition coefficient (Wildman–Crippen LogP) is 2.26. The third-order valence-electron chi connectivity index (χ3n) is 4.31. The number of carbonyl (C=O) groups excluding carboxylic acids is 1. The zero-order chi connectivity index (χ0) is 15.7. The third-order valence-corrected chi connectivity index (χ3v) is 5.79. The highest BCUT2D eigenvalue weighted by Crippen LogP contribution is 2.34. The van der Waals surface area contributed by atoms with Gasteiger partial charge in [-0.1, -0.05) is 19.3 Å². The first-order valence-electron chi connectivity index (χ1n) is 7.66. The molecule has 0 spiro atoms. The van der Waals surface area contributed by atoms with E-state index in [1.54, 1.807) is 12.1 Å².